The number of rotatable bonds is 1. The highest BCUT2D eigenvalue weighted by atomic mass is 15.1. The monoisotopic (exact) mass is 219 g/mol. The van der Waals surface area contributed by atoms with Gasteiger partial charge in [0.05, 0.1) is 11.4 Å². The van der Waals surface area contributed by atoms with E-state index in [-0.39, 0.29) is 0 Å². The highest BCUT2D eigenvalue weighted by Crippen LogP contribution is 2.26. The maximum Gasteiger partial charge on any atom is 0.0568 e. The van der Waals surface area contributed by atoms with Gasteiger partial charge >= 0.3 is 0 Å². The summed E-state index contributed by atoms with van der Waals surface area (Å²) in [5.41, 5.74) is 14.1. The van der Waals surface area contributed by atoms with E-state index in [4.69, 9.17) is 11.5 Å². The number of anilines is 3. The van der Waals surface area contributed by atoms with Crippen molar-refractivity contribution < 1.29 is 0 Å². The number of benzene rings is 1. The van der Waals surface area contributed by atoms with Gasteiger partial charge in [-0.3, -0.25) is 0 Å². The van der Waals surface area contributed by atoms with Crippen molar-refractivity contribution in [2.75, 3.05) is 29.5 Å². The summed E-state index contributed by atoms with van der Waals surface area (Å²) in [6.45, 7) is 4.60. The van der Waals surface area contributed by atoms with Crippen LogP contribution in [0.2, 0.25) is 0 Å². The van der Waals surface area contributed by atoms with Crippen molar-refractivity contribution in [1.82, 2.24) is 0 Å². The van der Waals surface area contributed by atoms with Gasteiger partial charge in [-0.15, -0.1) is 0 Å². The highest BCUT2D eigenvalue weighted by molar-refractivity contribution is 5.69. The minimum absolute atomic E-state index is 0.673. The summed E-state index contributed by atoms with van der Waals surface area (Å²) in [7, 11) is 0. The van der Waals surface area contributed by atoms with Crippen molar-refractivity contribution in [2.45, 2.75) is 26.2 Å². The fourth-order valence-electron chi connectivity index (χ4n) is 2.28. The van der Waals surface area contributed by atoms with Crippen LogP contribution in [0.25, 0.3) is 0 Å². The molecule has 0 spiro atoms. The van der Waals surface area contributed by atoms with Crippen LogP contribution in [0.4, 0.5) is 17.1 Å². The molecule has 1 heterocycles. The number of hydrogen-bond donors (Lipinski definition) is 2. The summed E-state index contributed by atoms with van der Waals surface area (Å²) in [4.78, 5) is 2.42. The van der Waals surface area contributed by atoms with Crippen molar-refractivity contribution in [3.63, 3.8) is 0 Å². The van der Waals surface area contributed by atoms with E-state index in [2.05, 4.69) is 17.9 Å². The van der Waals surface area contributed by atoms with Gasteiger partial charge in [0.1, 0.15) is 0 Å². The van der Waals surface area contributed by atoms with Gasteiger partial charge < -0.3 is 16.4 Å². The second-order valence-electron chi connectivity index (χ2n) is 4.84. The fourth-order valence-corrected chi connectivity index (χ4v) is 2.28. The molecule has 2 rings (SSSR count). The van der Waals surface area contributed by atoms with E-state index in [1.807, 2.05) is 12.1 Å². The molecule has 1 aliphatic heterocycles. The number of nitrogens with zero attached hydrogens (tertiary/aromatic N) is 1. The lowest BCUT2D eigenvalue weighted by molar-refractivity contribution is 0.521. The van der Waals surface area contributed by atoms with Gasteiger partial charge in [-0.2, -0.15) is 0 Å². The second-order valence-corrected chi connectivity index (χ2v) is 4.84. The Morgan fingerprint density at radius 2 is 1.94 bits per heavy atom. The predicted molar refractivity (Wildman–Crippen MR) is 70.5 cm³/mol. The topological polar surface area (TPSA) is 55.3 Å². The summed E-state index contributed by atoms with van der Waals surface area (Å²) in [6, 6.07) is 5.96. The van der Waals surface area contributed by atoms with Crippen LogP contribution in [0, 0.1) is 5.92 Å². The first kappa shape index (κ1) is 11.1. The molecule has 1 atom stereocenters. The smallest absolute Gasteiger partial charge is 0.0568 e. The van der Waals surface area contributed by atoms with Crippen LogP contribution in [0.15, 0.2) is 18.2 Å². The van der Waals surface area contributed by atoms with Crippen LogP contribution in [-0.2, 0) is 0 Å². The molecule has 0 aliphatic carbocycles. The zero-order valence-electron chi connectivity index (χ0n) is 9.95. The normalized spacial score (nSPS) is 21.8. The molecule has 0 bridgehead atoms. The fraction of sp³-hybridized carbons (Fsp3) is 0.538. The van der Waals surface area contributed by atoms with Crippen LogP contribution < -0.4 is 16.4 Å². The molecule has 3 nitrogen and oxygen atoms in total. The minimum atomic E-state index is 0.673. The van der Waals surface area contributed by atoms with Crippen LogP contribution in [0.3, 0.4) is 0 Å². The highest BCUT2D eigenvalue weighted by Gasteiger charge is 2.14. The molecule has 1 fully saturated rings. The molecule has 1 aromatic carbocycles. The largest absolute Gasteiger partial charge is 0.397 e. The maximum atomic E-state index is 5.84. The molecule has 16 heavy (non-hydrogen) atoms. The second kappa shape index (κ2) is 4.64. The third-order valence-electron chi connectivity index (χ3n) is 3.45. The first-order valence-corrected chi connectivity index (χ1v) is 6.07. The molecule has 1 saturated heterocycles. The summed E-state index contributed by atoms with van der Waals surface area (Å²) in [5, 5.41) is 0. The van der Waals surface area contributed by atoms with E-state index in [0.29, 0.717) is 11.4 Å². The SMILES string of the molecule is CC1CCCN(c2ccc(N)c(N)c2)CC1. The van der Waals surface area contributed by atoms with Crippen LogP contribution in [0.1, 0.15) is 26.2 Å². The minimum Gasteiger partial charge on any atom is -0.397 e. The van der Waals surface area contributed by atoms with E-state index < -0.39 is 0 Å². The lowest BCUT2D eigenvalue weighted by atomic mass is 10.0. The Hall–Kier alpha value is -1.38. The molecule has 0 radical (unpaired) electrons. The number of nitrogen functional groups attached to an aromatic ring is 2. The van der Waals surface area contributed by atoms with E-state index >= 15 is 0 Å². The number of nitrogens with two attached hydrogens (primary N) is 2. The summed E-state index contributed by atoms with van der Waals surface area (Å²) < 4.78 is 0. The third kappa shape index (κ3) is 2.40. The average Bonchev–Trinajstić information content (AvgIpc) is 2.47. The molecule has 1 aliphatic rings. The summed E-state index contributed by atoms with van der Waals surface area (Å²) >= 11 is 0. The van der Waals surface area contributed by atoms with Crippen molar-refractivity contribution in [3.05, 3.63) is 18.2 Å². The van der Waals surface area contributed by atoms with E-state index in [9.17, 15) is 0 Å². The maximum absolute atomic E-state index is 5.84. The summed E-state index contributed by atoms with van der Waals surface area (Å²) in [5.74, 6) is 0.844. The Morgan fingerprint density at radius 3 is 2.69 bits per heavy atom. The van der Waals surface area contributed by atoms with Crippen molar-refractivity contribution >= 4 is 17.1 Å². The zero-order chi connectivity index (χ0) is 11.5. The lowest BCUT2D eigenvalue weighted by Gasteiger charge is -2.23. The van der Waals surface area contributed by atoms with Crippen LogP contribution >= 0.6 is 0 Å². The first-order valence-electron chi connectivity index (χ1n) is 6.07. The Balaban J connectivity index is 2.13. The Bertz CT molecular complexity index is 362. The first-order chi connectivity index (χ1) is 7.66. The molecular weight excluding hydrogens is 198 g/mol. The van der Waals surface area contributed by atoms with Gasteiger partial charge in [0, 0.05) is 18.8 Å². The molecule has 1 unspecified atom stereocenters. The Kier molecular flexibility index (Phi) is 3.22. The van der Waals surface area contributed by atoms with E-state index in [0.717, 1.165) is 19.0 Å². The van der Waals surface area contributed by atoms with Gasteiger partial charge in [-0.1, -0.05) is 6.92 Å². The van der Waals surface area contributed by atoms with Crippen LogP contribution in [0.5, 0.6) is 0 Å². The van der Waals surface area contributed by atoms with Gasteiger partial charge in [-0.25, -0.2) is 0 Å². The Morgan fingerprint density at radius 1 is 1.12 bits per heavy atom. The quantitative estimate of drug-likeness (QED) is 0.713. The molecule has 0 amide bonds. The van der Waals surface area contributed by atoms with E-state index in [1.54, 1.807) is 0 Å². The molecule has 0 aromatic heterocycles. The zero-order valence-corrected chi connectivity index (χ0v) is 9.95. The predicted octanol–water partition coefficient (Wildman–Crippen LogP) is 2.48. The number of hydrogen-bond acceptors (Lipinski definition) is 3. The van der Waals surface area contributed by atoms with Gasteiger partial charge in [0.25, 0.3) is 0 Å². The van der Waals surface area contributed by atoms with Gasteiger partial charge in [0.15, 0.2) is 0 Å². The molecule has 3 heteroatoms. The van der Waals surface area contributed by atoms with Crippen molar-refractivity contribution in [3.8, 4) is 0 Å². The molecule has 0 saturated carbocycles. The van der Waals surface area contributed by atoms with Gasteiger partial charge in [-0.05, 0) is 43.4 Å². The molecule has 4 N–H and O–H groups in total. The third-order valence-corrected chi connectivity index (χ3v) is 3.45. The standard InChI is InChI=1S/C13H21N3/c1-10-3-2-7-16(8-6-10)11-4-5-12(14)13(15)9-11/h4-5,9-10H,2-3,6-8,14-15H2,1H3. The van der Waals surface area contributed by atoms with Crippen LogP contribution in [-0.4, -0.2) is 13.1 Å². The van der Waals surface area contributed by atoms with Crippen molar-refractivity contribution in [1.29, 1.82) is 0 Å². The molecule has 88 valence electrons. The lowest BCUT2D eigenvalue weighted by Crippen LogP contribution is -2.24. The molecule has 1 aromatic rings. The molecular formula is C13H21N3. The van der Waals surface area contributed by atoms with Gasteiger partial charge in [0.2, 0.25) is 0 Å². The average molecular weight is 219 g/mol. The Labute approximate surface area is 97.4 Å². The summed E-state index contributed by atoms with van der Waals surface area (Å²) in [6.07, 6.45) is 3.87. The van der Waals surface area contributed by atoms with Crippen molar-refractivity contribution in [2.24, 2.45) is 5.92 Å². The van der Waals surface area contributed by atoms with E-state index in [1.165, 1.54) is 24.9 Å².